The van der Waals surface area contributed by atoms with E-state index in [0.29, 0.717) is 6.61 Å². The van der Waals surface area contributed by atoms with Crippen LogP contribution in [0, 0.1) is 0 Å². The van der Waals surface area contributed by atoms with Crippen molar-refractivity contribution in [3.8, 4) is 0 Å². The average Bonchev–Trinajstić information content (AvgIpc) is 2.51. The van der Waals surface area contributed by atoms with E-state index in [1.165, 1.54) is 0 Å². The van der Waals surface area contributed by atoms with E-state index in [9.17, 15) is 0 Å². The standard InChI is InChI=1S/C14H34NO4Si.ClH/c1-6-15(7-2,11-8-9-13-16)12-10-14-20(17-3,18-4)19-5;/h16H,6-14H2,1-5H3;1H/q+1;/p-1. The zero-order valence-electron chi connectivity index (χ0n) is 14.4. The van der Waals surface area contributed by atoms with Crippen molar-refractivity contribution < 1.29 is 35.3 Å². The Bertz CT molecular complexity index is 231. The van der Waals surface area contributed by atoms with Gasteiger partial charge in [0, 0.05) is 40.4 Å². The minimum Gasteiger partial charge on any atom is -1.00 e. The number of unbranched alkanes of at least 4 members (excludes halogenated alkanes) is 1. The number of aliphatic hydroxyl groups excluding tert-OH is 1. The molecule has 0 bridgehead atoms. The highest BCUT2D eigenvalue weighted by Gasteiger charge is 2.38. The quantitative estimate of drug-likeness (QED) is 0.262. The minimum atomic E-state index is -2.43. The fourth-order valence-corrected chi connectivity index (χ4v) is 4.42. The van der Waals surface area contributed by atoms with Crippen molar-refractivity contribution >= 4 is 8.80 Å². The summed E-state index contributed by atoms with van der Waals surface area (Å²) in [5.41, 5.74) is 0. The lowest BCUT2D eigenvalue weighted by Gasteiger charge is -2.37. The molecule has 0 saturated heterocycles. The Labute approximate surface area is 137 Å². The lowest BCUT2D eigenvalue weighted by atomic mass is 10.2. The van der Waals surface area contributed by atoms with Gasteiger partial charge in [0.15, 0.2) is 0 Å². The van der Waals surface area contributed by atoms with E-state index in [4.69, 9.17) is 18.4 Å². The van der Waals surface area contributed by atoms with Crippen molar-refractivity contribution in [2.45, 2.75) is 39.2 Å². The molecule has 1 N–H and O–H groups in total. The Morgan fingerprint density at radius 1 is 0.857 bits per heavy atom. The van der Waals surface area contributed by atoms with Gasteiger partial charge in [-0.1, -0.05) is 0 Å². The largest absolute Gasteiger partial charge is 1.00 e. The number of hydrogen-bond acceptors (Lipinski definition) is 4. The molecule has 5 nitrogen and oxygen atoms in total. The van der Waals surface area contributed by atoms with Crippen LogP contribution in [0.3, 0.4) is 0 Å². The molecule has 7 heteroatoms. The van der Waals surface area contributed by atoms with Crippen LogP contribution in [0.15, 0.2) is 0 Å². The molecule has 0 aromatic rings. The molecule has 0 saturated carbocycles. The molecule has 0 atom stereocenters. The number of hydrogen-bond donors (Lipinski definition) is 1. The van der Waals surface area contributed by atoms with Crippen molar-refractivity contribution in [1.82, 2.24) is 0 Å². The Morgan fingerprint density at radius 3 is 1.71 bits per heavy atom. The predicted octanol–water partition coefficient (Wildman–Crippen LogP) is -1.11. The van der Waals surface area contributed by atoms with Crippen LogP contribution in [0.2, 0.25) is 6.04 Å². The fourth-order valence-electron chi connectivity index (χ4n) is 2.71. The third-order valence-corrected chi connectivity index (χ3v) is 7.26. The summed E-state index contributed by atoms with van der Waals surface area (Å²) in [6, 6.07) is 0.858. The SMILES string of the molecule is CC[N+](CC)(CCCCO)CCC[Si](OC)(OC)OC.[Cl-]. The van der Waals surface area contributed by atoms with Crippen molar-refractivity contribution in [3.63, 3.8) is 0 Å². The van der Waals surface area contributed by atoms with Gasteiger partial charge in [0.05, 0.1) is 26.2 Å². The van der Waals surface area contributed by atoms with E-state index in [0.717, 1.165) is 56.0 Å². The van der Waals surface area contributed by atoms with E-state index in [1.807, 2.05) is 0 Å². The molecule has 0 aromatic heterocycles. The number of aliphatic hydroxyl groups is 1. The topological polar surface area (TPSA) is 47.9 Å². The Hall–Kier alpha value is 0.307. The van der Waals surface area contributed by atoms with E-state index in [1.54, 1.807) is 21.3 Å². The lowest BCUT2D eigenvalue weighted by molar-refractivity contribution is -0.925. The second-order valence-corrected chi connectivity index (χ2v) is 8.34. The van der Waals surface area contributed by atoms with Gasteiger partial charge in [-0.25, -0.2) is 0 Å². The first-order chi connectivity index (χ1) is 9.57. The molecule has 130 valence electrons. The maximum absolute atomic E-state index is 8.94. The van der Waals surface area contributed by atoms with Gasteiger partial charge in [-0.05, 0) is 26.7 Å². The van der Waals surface area contributed by atoms with Gasteiger partial charge in [0.25, 0.3) is 0 Å². The second kappa shape index (κ2) is 12.8. The average molecular weight is 344 g/mol. The molecular weight excluding hydrogens is 310 g/mol. The summed E-state index contributed by atoms with van der Waals surface area (Å²) in [6.45, 7) is 9.29. The van der Waals surface area contributed by atoms with Gasteiger partial charge < -0.3 is 35.3 Å². The van der Waals surface area contributed by atoms with E-state index < -0.39 is 8.80 Å². The highest BCUT2D eigenvalue weighted by Crippen LogP contribution is 2.18. The second-order valence-electron chi connectivity index (χ2n) is 5.25. The maximum atomic E-state index is 8.94. The van der Waals surface area contributed by atoms with Crippen LogP contribution in [-0.2, 0) is 13.3 Å². The number of halogens is 1. The van der Waals surface area contributed by atoms with Crippen LogP contribution in [0.5, 0.6) is 0 Å². The van der Waals surface area contributed by atoms with Crippen LogP contribution in [0.25, 0.3) is 0 Å². The van der Waals surface area contributed by atoms with Crippen LogP contribution in [0.4, 0.5) is 0 Å². The molecule has 0 fully saturated rings. The molecule has 0 heterocycles. The summed E-state index contributed by atoms with van der Waals surface area (Å²) >= 11 is 0. The molecule has 0 aliphatic carbocycles. The number of nitrogens with zero attached hydrogens (tertiary/aromatic N) is 1. The van der Waals surface area contributed by atoms with Crippen LogP contribution in [-0.4, -0.2) is 72.5 Å². The molecule has 0 aliphatic heterocycles. The molecular formula is C14H34ClNO4Si. The molecule has 0 spiro atoms. The van der Waals surface area contributed by atoms with Crippen LogP contribution < -0.4 is 12.4 Å². The first-order valence-electron chi connectivity index (χ1n) is 7.69. The zero-order valence-corrected chi connectivity index (χ0v) is 16.1. The van der Waals surface area contributed by atoms with E-state index in [-0.39, 0.29) is 12.4 Å². The van der Waals surface area contributed by atoms with Gasteiger partial charge >= 0.3 is 8.80 Å². The van der Waals surface area contributed by atoms with E-state index in [2.05, 4.69) is 13.8 Å². The molecule has 0 rings (SSSR count). The normalized spacial score (nSPS) is 12.3. The molecule has 0 aromatic carbocycles. The van der Waals surface area contributed by atoms with Crippen LogP contribution in [0.1, 0.15) is 33.1 Å². The number of quaternary nitrogens is 1. The molecule has 0 unspecified atom stereocenters. The minimum absolute atomic E-state index is 0. The molecule has 0 amide bonds. The highest BCUT2D eigenvalue weighted by molar-refractivity contribution is 6.60. The Kier molecular flexibility index (Phi) is 14.4. The summed E-state index contributed by atoms with van der Waals surface area (Å²) in [5, 5.41) is 8.94. The summed E-state index contributed by atoms with van der Waals surface area (Å²) < 4.78 is 17.5. The Balaban J connectivity index is 0. The number of rotatable bonds is 13. The van der Waals surface area contributed by atoms with Crippen molar-refractivity contribution in [1.29, 1.82) is 0 Å². The van der Waals surface area contributed by atoms with Crippen LogP contribution >= 0.6 is 0 Å². The first-order valence-corrected chi connectivity index (χ1v) is 9.62. The first kappa shape index (κ1) is 23.6. The monoisotopic (exact) mass is 343 g/mol. The van der Waals surface area contributed by atoms with Crippen molar-refractivity contribution in [2.75, 3.05) is 54.1 Å². The summed E-state index contributed by atoms with van der Waals surface area (Å²) in [4.78, 5) is 0. The third-order valence-electron chi connectivity index (χ3n) is 4.43. The van der Waals surface area contributed by atoms with Gasteiger partial charge in [0.1, 0.15) is 0 Å². The zero-order chi connectivity index (χ0) is 15.5. The van der Waals surface area contributed by atoms with Crippen molar-refractivity contribution in [2.24, 2.45) is 0 Å². The van der Waals surface area contributed by atoms with Gasteiger partial charge in [-0.15, -0.1) is 0 Å². The highest BCUT2D eigenvalue weighted by atomic mass is 35.5. The molecule has 21 heavy (non-hydrogen) atoms. The third kappa shape index (κ3) is 7.92. The van der Waals surface area contributed by atoms with E-state index >= 15 is 0 Å². The Morgan fingerprint density at radius 2 is 1.33 bits per heavy atom. The van der Waals surface area contributed by atoms with Crippen molar-refractivity contribution in [3.05, 3.63) is 0 Å². The van der Waals surface area contributed by atoms with Gasteiger partial charge in [0.2, 0.25) is 0 Å². The smallest absolute Gasteiger partial charge is 0.500 e. The molecule has 0 radical (unpaired) electrons. The van der Waals surface area contributed by atoms with Gasteiger partial charge in [-0.3, -0.25) is 0 Å². The molecule has 0 aliphatic rings. The summed E-state index contributed by atoms with van der Waals surface area (Å²) in [5.74, 6) is 0. The summed E-state index contributed by atoms with van der Waals surface area (Å²) in [6.07, 6.45) is 3.02. The predicted molar refractivity (Wildman–Crippen MR) is 83.6 cm³/mol. The fraction of sp³-hybridized carbons (Fsp3) is 1.00. The lowest BCUT2D eigenvalue weighted by Crippen LogP contribution is -3.00. The summed E-state index contributed by atoms with van der Waals surface area (Å²) in [7, 11) is 2.58. The maximum Gasteiger partial charge on any atom is 0.500 e. The van der Waals surface area contributed by atoms with Gasteiger partial charge in [-0.2, -0.15) is 0 Å².